The predicted octanol–water partition coefficient (Wildman–Crippen LogP) is -0.782. The topological polar surface area (TPSA) is 134 Å². The van der Waals surface area contributed by atoms with Gasteiger partial charge in [0, 0.05) is 6.54 Å². The third-order valence-electron chi connectivity index (χ3n) is 2.51. The van der Waals surface area contributed by atoms with Gasteiger partial charge in [-0.3, -0.25) is 15.0 Å². The van der Waals surface area contributed by atoms with Crippen molar-refractivity contribution >= 4 is 18.2 Å². The second-order valence-electron chi connectivity index (χ2n) is 4.90. The second kappa shape index (κ2) is 9.32. The number of nitrogens with one attached hydrogen (secondary N) is 3. The largest absolute Gasteiger partial charge is 0.370 e. The summed E-state index contributed by atoms with van der Waals surface area (Å²) in [5, 5.41) is 12.1. The first kappa shape index (κ1) is 17.4. The lowest BCUT2D eigenvalue weighted by molar-refractivity contribution is -0.123. The van der Waals surface area contributed by atoms with Crippen LogP contribution in [0.5, 0.6) is 0 Å². The van der Waals surface area contributed by atoms with Crippen molar-refractivity contribution in [2.24, 2.45) is 17.4 Å². The number of carbonyl (C=O) groups excluding carboxylic acids is 2. The number of amides is 1. The third kappa shape index (κ3) is 9.01. The Balaban J connectivity index is 4.00. The Morgan fingerprint density at radius 3 is 2.53 bits per heavy atom. The van der Waals surface area contributed by atoms with Gasteiger partial charge in [-0.25, -0.2) is 0 Å². The van der Waals surface area contributed by atoms with Crippen molar-refractivity contribution in [2.45, 2.75) is 45.2 Å². The van der Waals surface area contributed by atoms with E-state index in [1.165, 1.54) is 0 Å². The van der Waals surface area contributed by atoms with Crippen LogP contribution in [-0.4, -0.2) is 36.8 Å². The lowest BCUT2D eigenvalue weighted by Crippen LogP contribution is -2.46. The van der Waals surface area contributed by atoms with E-state index < -0.39 is 12.1 Å². The minimum Gasteiger partial charge on any atom is -0.370 e. The first-order valence-electron chi connectivity index (χ1n) is 6.38. The van der Waals surface area contributed by atoms with Crippen molar-refractivity contribution in [2.75, 3.05) is 6.54 Å². The third-order valence-corrected chi connectivity index (χ3v) is 2.51. The van der Waals surface area contributed by atoms with Crippen molar-refractivity contribution < 1.29 is 9.59 Å². The molecule has 0 fully saturated rings. The van der Waals surface area contributed by atoms with E-state index in [0.29, 0.717) is 31.7 Å². The minimum atomic E-state index is -0.667. The van der Waals surface area contributed by atoms with Crippen LogP contribution in [0.1, 0.15) is 33.1 Å². The Morgan fingerprint density at radius 1 is 1.42 bits per heavy atom. The van der Waals surface area contributed by atoms with Gasteiger partial charge in [-0.1, -0.05) is 13.8 Å². The van der Waals surface area contributed by atoms with Crippen molar-refractivity contribution in [3.05, 3.63) is 0 Å². The lowest BCUT2D eigenvalue weighted by atomic mass is 10.0. The Morgan fingerprint density at radius 2 is 2.05 bits per heavy atom. The van der Waals surface area contributed by atoms with Crippen LogP contribution in [0.2, 0.25) is 0 Å². The van der Waals surface area contributed by atoms with E-state index in [1.54, 1.807) is 6.29 Å². The molecule has 7 heteroatoms. The van der Waals surface area contributed by atoms with Gasteiger partial charge in [0.25, 0.3) is 0 Å². The van der Waals surface area contributed by atoms with Crippen LogP contribution in [-0.2, 0) is 9.59 Å². The molecule has 1 amide bonds. The van der Waals surface area contributed by atoms with Crippen LogP contribution >= 0.6 is 0 Å². The van der Waals surface area contributed by atoms with Gasteiger partial charge in [0.05, 0.1) is 12.1 Å². The molecule has 0 saturated heterocycles. The molecule has 109 valence electrons. The molecule has 2 atom stereocenters. The molecule has 0 spiro atoms. The zero-order valence-electron chi connectivity index (χ0n) is 11.5. The van der Waals surface area contributed by atoms with Gasteiger partial charge in [0.2, 0.25) is 12.2 Å². The van der Waals surface area contributed by atoms with Crippen molar-refractivity contribution in [1.82, 2.24) is 10.6 Å². The van der Waals surface area contributed by atoms with Crippen LogP contribution < -0.4 is 22.1 Å². The normalized spacial score (nSPS) is 13.7. The summed E-state index contributed by atoms with van der Waals surface area (Å²) >= 11 is 0. The maximum Gasteiger partial charge on any atom is 0.237 e. The number of carbonyl (C=O) groups is 1. The molecule has 0 aromatic rings. The second-order valence-corrected chi connectivity index (χ2v) is 4.90. The highest BCUT2D eigenvalue weighted by Gasteiger charge is 2.18. The highest BCUT2D eigenvalue weighted by Crippen LogP contribution is 2.03. The SMILES string of the molecule is CC(C)C[C@H](N)C(=O)N[C@@H]([C]=O)CCCNC(=N)N. The van der Waals surface area contributed by atoms with E-state index in [-0.39, 0.29) is 11.9 Å². The first-order chi connectivity index (χ1) is 8.86. The number of guanidine groups is 1. The molecule has 0 aromatic heterocycles. The molecule has 0 rings (SSSR count). The molecule has 0 heterocycles. The number of nitrogens with two attached hydrogens (primary N) is 2. The van der Waals surface area contributed by atoms with Crippen LogP contribution in [0.25, 0.3) is 0 Å². The molecular weight excluding hydrogens is 246 g/mol. The van der Waals surface area contributed by atoms with Crippen LogP contribution in [0.3, 0.4) is 0 Å². The van der Waals surface area contributed by atoms with E-state index in [0.717, 1.165) is 0 Å². The fourth-order valence-corrected chi connectivity index (χ4v) is 1.58. The molecule has 19 heavy (non-hydrogen) atoms. The number of hydrogen-bond donors (Lipinski definition) is 5. The summed E-state index contributed by atoms with van der Waals surface area (Å²) in [6.45, 7) is 4.43. The monoisotopic (exact) mass is 270 g/mol. The Kier molecular flexibility index (Phi) is 8.52. The van der Waals surface area contributed by atoms with Crippen LogP contribution in [0, 0.1) is 11.3 Å². The Labute approximate surface area is 114 Å². The Bertz CT molecular complexity index is 306. The molecule has 0 saturated carbocycles. The van der Waals surface area contributed by atoms with Crippen LogP contribution in [0.15, 0.2) is 0 Å². The van der Waals surface area contributed by atoms with Gasteiger partial charge in [-0.05, 0) is 25.2 Å². The summed E-state index contributed by atoms with van der Waals surface area (Å²) in [5.41, 5.74) is 10.8. The van der Waals surface area contributed by atoms with Crippen LogP contribution in [0.4, 0.5) is 0 Å². The summed E-state index contributed by atoms with van der Waals surface area (Å²) in [4.78, 5) is 22.4. The van der Waals surface area contributed by atoms with Gasteiger partial charge >= 0.3 is 0 Å². The van der Waals surface area contributed by atoms with Crippen molar-refractivity contribution in [3.8, 4) is 0 Å². The average molecular weight is 270 g/mol. The van der Waals surface area contributed by atoms with Gasteiger partial charge in [-0.2, -0.15) is 0 Å². The summed E-state index contributed by atoms with van der Waals surface area (Å²) in [7, 11) is 0. The quantitative estimate of drug-likeness (QED) is 0.213. The highest BCUT2D eigenvalue weighted by molar-refractivity contribution is 5.84. The first-order valence-corrected chi connectivity index (χ1v) is 6.38. The van der Waals surface area contributed by atoms with E-state index in [4.69, 9.17) is 16.9 Å². The Hall–Kier alpha value is -1.63. The molecule has 0 aliphatic carbocycles. The average Bonchev–Trinajstić information content (AvgIpc) is 2.31. The number of hydrogen-bond acceptors (Lipinski definition) is 4. The molecule has 0 aliphatic rings. The van der Waals surface area contributed by atoms with E-state index in [2.05, 4.69) is 10.6 Å². The van der Waals surface area contributed by atoms with Gasteiger partial charge in [0.15, 0.2) is 5.96 Å². The molecule has 1 radical (unpaired) electrons. The lowest BCUT2D eigenvalue weighted by Gasteiger charge is -2.17. The zero-order chi connectivity index (χ0) is 14.8. The zero-order valence-corrected chi connectivity index (χ0v) is 11.5. The molecule has 0 aliphatic heterocycles. The summed E-state index contributed by atoms with van der Waals surface area (Å²) in [5.74, 6) is -0.129. The van der Waals surface area contributed by atoms with Gasteiger partial charge in [0.1, 0.15) is 0 Å². The summed E-state index contributed by atoms with van der Waals surface area (Å²) in [6.07, 6.45) is 3.38. The maximum absolute atomic E-state index is 11.7. The van der Waals surface area contributed by atoms with E-state index in [1.807, 2.05) is 13.8 Å². The highest BCUT2D eigenvalue weighted by atomic mass is 16.2. The minimum absolute atomic E-state index is 0.116. The van der Waals surface area contributed by atoms with E-state index in [9.17, 15) is 9.59 Å². The standard InChI is InChI=1S/C12H24N5O2/c1-8(2)6-10(13)11(19)17-9(7-18)4-3-5-16-12(14)15/h8-10H,3-6,13H2,1-2H3,(H,17,19)(H4,14,15,16)/t9-,10+/m1/s1. The molecule has 0 unspecified atom stereocenters. The van der Waals surface area contributed by atoms with Crippen molar-refractivity contribution in [3.63, 3.8) is 0 Å². The molecule has 0 aromatic carbocycles. The maximum atomic E-state index is 11.7. The molecular formula is C12H24N5O2. The smallest absolute Gasteiger partial charge is 0.237 e. The molecule has 0 bridgehead atoms. The van der Waals surface area contributed by atoms with Crippen molar-refractivity contribution in [1.29, 1.82) is 5.41 Å². The van der Waals surface area contributed by atoms with Gasteiger partial charge in [-0.15, -0.1) is 0 Å². The number of rotatable bonds is 9. The van der Waals surface area contributed by atoms with Gasteiger partial charge < -0.3 is 22.1 Å². The predicted molar refractivity (Wildman–Crippen MR) is 74.2 cm³/mol. The summed E-state index contributed by atoms with van der Waals surface area (Å²) in [6, 6.07) is -1.27. The fourth-order valence-electron chi connectivity index (χ4n) is 1.58. The molecule has 7 nitrogen and oxygen atoms in total. The van der Waals surface area contributed by atoms with E-state index >= 15 is 0 Å². The molecule has 7 N–H and O–H groups in total. The fraction of sp³-hybridized carbons (Fsp3) is 0.750. The summed E-state index contributed by atoms with van der Waals surface area (Å²) < 4.78 is 0.